The fourth-order valence-electron chi connectivity index (χ4n) is 3.48. The summed E-state index contributed by atoms with van der Waals surface area (Å²) in [4.78, 5) is 26.2. The topological polar surface area (TPSA) is 65.1 Å². The van der Waals surface area contributed by atoms with Gasteiger partial charge in [0.15, 0.2) is 11.5 Å². The Bertz CT molecular complexity index is 708. The van der Waals surface area contributed by atoms with E-state index in [2.05, 4.69) is 0 Å². The predicted octanol–water partition coefficient (Wildman–Crippen LogP) is 2.47. The lowest BCUT2D eigenvalue weighted by Crippen LogP contribution is -2.46. The van der Waals surface area contributed by atoms with Crippen molar-refractivity contribution in [1.29, 1.82) is 0 Å². The summed E-state index contributed by atoms with van der Waals surface area (Å²) in [6.07, 6.45) is 0.879. The number of carbonyl (C=O) groups is 2. The second kappa shape index (κ2) is 5.58. The van der Waals surface area contributed by atoms with Crippen LogP contribution < -0.4 is 9.47 Å². The van der Waals surface area contributed by atoms with Gasteiger partial charge < -0.3 is 19.1 Å². The van der Waals surface area contributed by atoms with Crippen LogP contribution >= 0.6 is 11.8 Å². The van der Waals surface area contributed by atoms with Crippen molar-refractivity contribution in [2.24, 2.45) is 0 Å². The zero-order valence-electron chi connectivity index (χ0n) is 13.6. The highest BCUT2D eigenvalue weighted by molar-refractivity contribution is 8.01. The first-order chi connectivity index (χ1) is 11.5. The van der Waals surface area contributed by atoms with Gasteiger partial charge in [0, 0.05) is 12.2 Å². The molecular weight excluding hydrogens is 330 g/mol. The molecule has 3 aliphatic heterocycles. The number of fused-ring (bicyclic) bond motifs is 2. The Hall–Kier alpha value is -1.89. The van der Waals surface area contributed by atoms with Crippen LogP contribution in [0.5, 0.6) is 11.5 Å². The minimum Gasteiger partial charge on any atom is -0.456 e. The molecular formula is C17H19NO5S. The van der Waals surface area contributed by atoms with E-state index in [-0.39, 0.29) is 23.5 Å². The van der Waals surface area contributed by atoms with E-state index in [0.29, 0.717) is 23.7 Å². The zero-order chi connectivity index (χ0) is 16.9. The normalized spacial score (nSPS) is 28.8. The van der Waals surface area contributed by atoms with Crippen molar-refractivity contribution in [3.05, 3.63) is 23.8 Å². The summed E-state index contributed by atoms with van der Waals surface area (Å²) >= 11 is 1.66. The summed E-state index contributed by atoms with van der Waals surface area (Å²) in [5, 5.41) is 0. The first-order valence-corrected chi connectivity index (χ1v) is 9.03. The minimum absolute atomic E-state index is 0.0418. The molecule has 0 aliphatic carbocycles. The number of thioether (sulfide) groups is 1. The third-order valence-corrected chi connectivity index (χ3v) is 6.38. The maximum absolute atomic E-state index is 12.6. The molecule has 0 bridgehead atoms. The molecule has 2 saturated heterocycles. The van der Waals surface area contributed by atoms with Crippen LogP contribution in [-0.4, -0.2) is 40.2 Å². The summed E-state index contributed by atoms with van der Waals surface area (Å²) in [6, 6.07) is 5.01. The van der Waals surface area contributed by atoms with Crippen LogP contribution in [-0.2, 0) is 14.3 Å². The third-order valence-electron chi connectivity index (χ3n) is 4.88. The van der Waals surface area contributed by atoms with Gasteiger partial charge in [0.1, 0.15) is 12.1 Å². The van der Waals surface area contributed by atoms with Gasteiger partial charge in [-0.2, -0.15) is 0 Å². The van der Waals surface area contributed by atoms with Crippen molar-refractivity contribution in [2.75, 3.05) is 12.5 Å². The highest BCUT2D eigenvalue weighted by atomic mass is 32.2. The van der Waals surface area contributed by atoms with E-state index >= 15 is 0 Å². The molecule has 0 radical (unpaired) electrons. The molecule has 2 fully saturated rings. The van der Waals surface area contributed by atoms with Crippen molar-refractivity contribution in [1.82, 2.24) is 4.90 Å². The number of amides is 1. The van der Waals surface area contributed by atoms with Gasteiger partial charge in [-0.3, -0.25) is 4.79 Å². The summed E-state index contributed by atoms with van der Waals surface area (Å²) in [7, 11) is 0. The number of nitrogens with zero attached hydrogens (tertiary/aromatic N) is 1. The van der Waals surface area contributed by atoms with Crippen molar-refractivity contribution >= 4 is 23.6 Å². The Morgan fingerprint density at radius 1 is 1.42 bits per heavy atom. The number of carbonyl (C=O) groups excluding carboxylic acids is 2. The third kappa shape index (κ3) is 2.42. The van der Waals surface area contributed by atoms with Gasteiger partial charge in [-0.25, -0.2) is 4.79 Å². The van der Waals surface area contributed by atoms with Crippen molar-refractivity contribution in [2.45, 2.75) is 43.7 Å². The smallest absolute Gasteiger partial charge is 0.330 e. The van der Waals surface area contributed by atoms with Crippen LogP contribution in [0.1, 0.15) is 38.4 Å². The molecule has 24 heavy (non-hydrogen) atoms. The van der Waals surface area contributed by atoms with Gasteiger partial charge in [-0.15, -0.1) is 11.8 Å². The second-order valence-corrected chi connectivity index (χ2v) is 7.96. The monoisotopic (exact) mass is 349 g/mol. The van der Waals surface area contributed by atoms with Crippen LogP contribution in [0.2, 0.25) is 0 Å². The maximum Gasteiger partial charge on any atom is 0.330 e. The molecule has 1 aromatic carbocycles. The fourth-order valence-corrected chi connectivity index (χ4v) is 4.90. The largest absolute Gasteiger partial charge is 0.456 e. The Kier molecular flexibility index (Phi) is 3.63. The van der Waals surface area contributed by atoms with E-state index in [1.54, 1.807) is 16.7 Å². The maximum atomic E-state index is 12.6. The van der Waals surface area contributed by atoms with E-state index in [9.17, 15) is 9.59 Å². The van der Waals surface area contributed by atoms with Gasteiger partial charge in [0.05, 0.1) is 4.87 Å². The molecule has 6 nitrogen and oxygen atoms in total. The Labute approximate surface area is 144 Å². The molecule has 1 amide bonds. The molecule has 7 heteroatoms. The predicted molar refractivity (Wildman–Crippen MR) is 87.8 cm³/mol. The van der Waals surface area contributed by atoms with Crippen LogP contribution in [0.4, 0.5) is 0 Å². The number of hydrogen-bond donors (Lipinski definition) is 0. The van der Waals surface area contributed by atoms with Gasteiger partial charge in [-0.05, 0) is 38.0 Å². The lowest BCUT2D eigenvalue weighted by atomic mass is 10.1. The highest BCUT2D eigenvalue weighted by Gasteiger charge is 2.53. The summed E-state index contributed by atoms with van der Waals surface area (Å²) in [5.74, 6) is 1.65. The van der Waals surface area contributed by atoms with Crippen molar-refractivity contribution in [3.63, 3.8) is 0 Å². The van der Waals surface area contributed by atoms with Gasteiger partial charge in [-0.1, -0.05) is 6.07 Å². The Morgan fingerprint density at radius 3 is 3.04 bits per heavy atom. The van der Waals surface area contributed by atoms with E-state index in [0.717, 1.165) is 12.0 Å². The van der Waals surface area contributed by atoms with E-state index in [1.165, 1.54) is 0 Å². The van der Waals surface area contributed by atoms with Crippen LogP contribution in [0.3, 0.4) is 0 Å². The van der Waals surface area contributed by atoms with Gasteiger partial charge in [0.25, 0.3) is 0 Å². The quantitative estimate of drug-likeness (QED) is 0.781. The summed E-state index contributed by atoms with van der Waals surface area (Å²) < 4.78 is 16.3. The van der Waals surface area contributed by atoms with E-state index in [4.69, 9.17) is 14.2 Å². The average Bonchev–Trinajstić information content (AvgIpc) is 3.22. The number of hydrogen-bond acceptors (Lipinski definition) is 6. The van der Waals surface area contributed by atoms with Gasteiger partial charge >= 0.3 is 5.97 Å². The Balaban J connectivity index is 1.47. The minimum atomic E-state index is -0.494. The number of ether oxygens (including phenoxy) is 3. The van der Waals surface area contributed by atoms with Crippen LogP contribution in [0, 0.1) is 0 Å². The van der Waals surface area contributed by atoms with Crippen LogP contribution in [0.15, 0.2) is 18.2 Å². The van der Waals surface area contributed by atoms with Crippen molar-refractivity contribution in [3.8, 4) is 11.5 Å². The average molecular weight is 349 g/mol. The molecule has 3 heterocycles. The molecule has 0 spiro atoms. The summed E-state index contributed by atoms with van der Waals surface area (Å²) in [6.45, 7) is 4.06. The SMILES string of the molecule is C[C@H](OC(=O)[C@H]1CS[C@]2(C)CCC(=O)N12)c1ccc2c(c1)OCO2. The first kappa shape index (κ1) is 15.6. The first-order valence-electron chi connectivity index (χ1n) is 8.04. The Morgan fingerprint density at radius 2 is 2.21 bits per heavy atom. The molecule has 0 N–H and O–H groups in total. The number of esters is 1. The zero-order valence-corrected chi connectivity index (χ0v) is 14.4. The van der Waals surface area contributed by atoms with E-state index < -0.39 is 12.1 Å². The standard InChI is InChI=1S/C17H19NO5S/c1-10(11-3-4-13-14(7-11)22-9-21-13)23-16(20)12-8-24-17(2)6-5-15(19)18(12)17/h3-4,7,10,12H,5-6,8-9H2,1-2H3/t10-,12+,17+/m0/s1. The van der Waals surface area contributed by atoms with Gasteiger partial charge in [0.2, 0.25) is 12.7 Å². The molecule has 3 aliphatic rings. The molecule has 4 rings (SSSR count). The molecule has 128 valence electrons. The lowest BCUT2D eigenvalue weighted by Gasteiger charge is -2.30. The molecule has 0 saturated carbocycles. The highest BCUT2D eigenvalue weighted by Crippen LogP contribution is 2.47. The molecule has 1 aromatic rings. The van der Waals surface area contributed by atoms with Crippen molar-refractivity contribution < 1.29 is 23.8 Å². The molecule has 0 unspecified atom stereocenters. The lowest BCUT2D eigenvalue weighted by molar-refractivity contribution is -0.157. The molecule has 0 aromatic heterocycles. The molecule has 3 atom stereocenters. The fraction of sp³-hybridized carbons (Fsp3) is 0.529. The number of rotatable bonds is 3. The number of benzene rings is 1. The van der Waals surface area contributed by atoms with E-state index in [1.807, 2.05) is 32.0 Å². The second-order valence-electron chi connectivity index (χ2n) is 6.46. The summed E-state index contributed by atoms with van der Waals surface area (Å²) in [5.41, 5.74) is 0.841. The van der Waals surface area contributed by atoms with Crippen LogP contribution in [0.25, 0.3) is 0 Å².